The summed E-state index contributed by atoms with van der Waals surface area (Å²) in [4.78, 5) is 22.8. The first-order valence-corrected chi connectivity index (χ1v) is 7.13. The van der Waals surface area contributed by atoms with Gasteiger partial charge >= 0.3 is 0 Å². The van der Waals surface area contributed by atoms with Gasteiger partial charge in [0.05, 0.1) is 30.0 Å². The van der Waals surface area contributed by atoms with Crippen LogP contribution in [0.15, 0.2) is 35.1 Å². The average Bonchev–Trinajstić information content (AvgIpc) is 3.18. The summed E-state index contributed by atoms with van der Waals surface area (Å²) in [6.45, 7) is 0.587. The number of rotatable bonds is 2. The van der Waals surface area contributed by atoms with Crippen molar-refractivity contribution < 1.29 is 9.32 Å². The monoisotopic (exact) mass is 310 g/mol. The highest BCUT2D eigenvalue weighted by Gasteiger charge is 2.28. The fourth-order valence-corrected chi connectivity index (χ4v) is 2.71. The third kappa shape index (κ3) is 2.03. The van der Waals surface area contributed by atoms with Crippen molar-refractivity contribution in [2.45, 2.75) is 13.1 Å². The number of nitrogens with zero attached hydrogens (tertiary/aromatic N) is 5. The van der Waals surface area contributed by atoms with Gasteiger partial charge in [-0.3, -0.25) is 9.36 Å². The van der Waals surface area contributed by atoms with Gasteiger partial charge in [-0.15, -0.1) is 0 Å². The summed E-state index contributed by atoms with van der Waals surface area (Å²) in [7, 11) is 1.75. The van der Waals surface area contributed by atoms with Crippen molar-refractivity contribution in [3.05, 3.63) is 47.7 Å². The van der Waals surface area contributed by atoms with E-state index in [0.717, 1.165) is 11.4 Å². The zero-order valence-electron chi connectivity index (χ0n) is 12.4. The largest absolute Gasteiger partial charge is 0.336 e. The number of nitrogens with two attached hydrogens (primary N) is 1. The molecule has 1 amide bonds. The van der Waals surface area contributed by atoms with Crippen LogP contribution < -0.4 is 5.73 Å². The Labute approximate surface area is 131 Å². The molecule has 1 aromatic carbocycles. The van der Waals surface area contributed by atoms with E-state index in [1.54, 1.807) is 18.3 Å². The molecule has 0 fully saturated rings. The second-order valence-corrected chi connectivity index (χ2v) is 5.31. The second kappa shape index (κ2) is 5.03. The van der Waals surface area contributed by atoms with Crippen LogP contribution in [-0.2, 0) is 13.1 Å². The summed E-state index contributed by atoms with van der Waals surface area (Å²) < 4.78 is 7.12. The number of amides is 1. The van der Waals surface area contributed by atoms with E-state index in [9.17, 15) is 4.79 Å². The molecule has 0 unspecified atom stereocenters. The lowest BCUT2D eigenvalue weighted by atomic mass is 10.1. The van der Waals surface area contributed by atoms with Crippen molar-refractivity contribution in [2.24, 2.45) is 5.73 Å². The molecule has 3 heterocycles. The maximum atomic E-state index is 12.5. The smallest absolute Gasteiger partial charge is 0.278 e. The van der Waals surface area contributed by atoms with Gasteiger partial charge in [-0.1, -0.05) is 17.3 Å². The van der Waals surface area contributed by atoms with Crippen molar-refractivity contribution in [1.82, 2.24) is 24.6 Å². The van der Waals surface area contributed by atoms with Gasteiger partial charge in [0.2, 0.25) is 0 Å². The van der Waals surface area contributed by atoms with Crippen molar-refractivity contribution in [3.63, 3.8) is 0 Å². The Morgan fingerprint density at radius 2 is 2.17 bits per heavy atom. The van der Waals surface area contributed by atoms with E-state index < -0.39 is 0 Å². The SMILES string of the molecule is CN1Cc2c(-c3nc(CN)no3)ncn2-c2ccccc2C1=O. The van der Waals surface area contributed by atoms with E-state index in [4.69, 9.17) is 10.3 Å². The predicted molar refractivity (Wildman–Crippen MR) is 80.5 cm³/mol. The highest BCUT2D eigenvalue weighted by atomic mass is 16.5. The molecule has 8 heteroatoms. The predicted octanol–water partition coefficient (Wildman–Crippen LogP) is 0.967. The summed E-state index contributed by atoms with van der Waals surface area (Å²) in [6.07, 6.45) is 1.67. The molecule has 0 aliphatic carbocycles. The molecule has 0 saturated heterocycles. The van der Waals surface area contributed by atoms with Gasteiger partial charge in [0.25, 0.3) is 11.8 Å². The molecule has 4 rings (SSSR count). The van der Waals surface area contributed by atoms with Gasteiger partial charge in [0, 0.05) is 7.05 Å². The number of hydrogen-bond acceptors (Lipinski definition) is 6. The van der Waals surface area contributed by atoms with E-state index in [-0.39, 0.29) is 12.5 Å². The number of imidazole rings is 1. The molecule has 8 nitrogen and oxygen atoms in total. The standard InChI is InChI=1S/C15H14N6O2/c1-20-7-11-13(14-18-12(6-16)19-23-14)17-8-21(11)10-5-3-2-4-9(10)15(20)22/h2-5,8H,6-7,16H2,1H3. The molecule has 0 bridgehead atoms. The molecule has 1 aliphatic heterocycles. The minimum absolute atomic E-state index is 0.0385. The molecule has 1 aliphatic rings. The molecule has 2 N–H and O–H groups in total. The Morgan fingerprint density at radius 1 is 1.35 bits per heavy atom. The normalized spacial score (nSPS) is 13.7. The molecule has 116 valence electrons. The maximum absolute atomic E-state index is 12.5. The van der Waals surface area contributed by atoms with E-state index in [0.29, 0.717) is 29.5 Å². The first-order valence-electron chi connectivity index (χ1n) is 7.13. The lowest BCUT2D eigenvalue weighted by molar-refractivity contribution is 0.0788. The molecule has 0 radical (unpaired) electrons. The molecular weight excluding hydrogens is 296 g/mol. The number of fused-ring (bicyclic) bond motifs is 3. The van der Waals surface area contributed by atoms with Gasteiger partial charge in [-0.05, 0) is 12.1 Å². The van der Waals surface area contributed by atoms with Crippen LogP contribution in [-0.4, -0.2) is 37.5 Å². The summed E-state index contributed by atoms with van der Waals surface area (Å²) in [5, 5.41) is 3.80. The van der Waals surface area contributed by atoms with Crippen LogP contribution in [0.5, 0.6) is 0 Å². The molecule has 0 saturated carbocycles. The van der Waals surface area contributed by atoms with Crippen molar-refractivity contribution in [1.29, 1.82) is 0 Å². The Morgan fingerprint density at radius 3 is 2.96 bits per heavy atom. The van der Waals surface area contributed by atoms with Crippen LogP contribution in [0.3, 0.4) is 0 Å². The molecule has 0 atom stereocenters. The summed E-state index contributed by atoms with van der Waals surface area (Å²) in [5.74, 6) is 0.683. The summed E-state index contributed by atoms with van der Waals surface area (Å²) in [5.41, 5.74) is 8.32. The molecule has 23 heavy (non-hydrogen) atoms. The van der Waals surface area contributed by atoms with E-state index >= 15 is 0 Å². The van der Waals surface area contributed by atoms with Gasteiger partial charge < -0.3 is 15.2 Å². The number of para-hydroxylation sites is 1. The quantitative estimate of drug-likeness (QED) is 0.756. The van der Waals surface area contributed by atoms with Crippen molar-refractivity contribution in [3.8, 4) is 17.3 Å². The fraction of sp³-hybridized carbons (Fsp3) is 0.200. The van der Waals surface area contributed by atoms with Crippen molar-refractivity contribution in [2.75, 3.05) is 7.05 Å². The highest BCUT2D eigenvalue weighted by molar-refractivity contribution is 5.98. The van der Waals surface area contributed by atoms with Gasteiger partial charge in [-0.2, -0.15) is 4.98 Å². The molecule has 2 aromatic heterocycles. The maximum Gasteiger partial charge on any atom is 0.278 e. The Bertz CT molecular complexity index is 897. The average molecular weight is 310 g/mol. The topological polar surface area (TPSA) is 103 Å². The lowest BCUT2D eigenvalue weighted by Gasteiger charge is -2.14. The summed E-state index contributed by atoms with van der Waals surface area (Å²) >= 11 is 0. The second-order valence-electron chi connectivity index (χ2n) is 5.31. The van der Waals surface area contributed by atoms with Crippen LogP contribution in [0.1, 0.15) is 21.9 Å². The zero-order chi connectivity index (χ0) is 16.0. The number of benzene rings is 1. The van der Waals surface area contributed by atoms with E-state index in [1.807, 2.05) is 28.8 Å². The number of carbonyl (C=O) groups is 1. The molecule has 0 spiro atoms. The van der Waals surface area contributed by atoms with Crippen LogP contribution in [0.4, 0.5) is 0 Å². The van der Waals surface area contributed by atoms with Gasteiger partial charge in [-0.25, -0.2) is 4.98 Å². The van der Waals surface area contributed by atoms with Crippen LogP contribution in [0.2, 0.25) is 0 Å². The number of hydrogen-bond donors (Lipinski definition) is 1. The highest BCUT2D eigenvalue weighted by Crippen LogP contribution is 2.29. The first kappa shape index (κ1) is 13.6. The molecular formula is C15H14N6O2. The van der Waals surface area contributed by atoms with E-state index in [2.05, 4.69) is 15.1 Å². The lowest BCUT2D eigenvalue weighted by Crippen LogP contribution is -2.25. The summed E-state index contributed by atoms with van der Waals surface area (Å²) in [6, 6.07) is 7.43. The Hall–Kier alpha value is -3.00. The van der Waals surface area contributed by atoms with Crippen LogP contribution in [0, 0.1) is 0 Å². The molecule has 3 aromatic rings. The zero-order valence-corrected chi connectivity index (χ0v) is 12.4. The minimum atomic E-state index is -0.0385. The first-order chi connectivity index (χ1) is 11.2. The van der Waals surface area contributed by atoms with E-state index in [1.165, 1.54) is 0 Å². The number of carbonyl (C=O) groups excluding carboxylic acids is 1. The van der Waals surface area contributed by atoms with Gasteiger partial charge in [0.1, 0.15) is 6.33 Å². The minimum Gasteiger partial charge on any atom is -0.336 e. The number of aromatic nitrogens is 4. The van der Waals surface area contributed by atoms with Crippen molar-refractivity contribution >= 4 is 5.91 Å². The van der Waals surface area contributed by atoms with Crippen LogP contribution >= 0.6 is 0 Å². The third-order valence-electron chi connectivity index (χ3n) is 3.85. The van der Waals surface area contributed by atoms with Gasteiger partial charge in [0.15, 0.2) is 11.5 Å². The Kier molecular flexibility index (Phi) is 2.98. The Balaban J connectivity index is 1.92. The van der Waals surface area contributed by atoms with Crippen LogP contribution in [0.25, 0.3) is 17.3 Å². The third-order valence-corrected chi connectivity index (χ3v) is 3.85. The fourth-order valence-electron chi connectivity index (χ4n) is 2.71.